The van der Waals surface area contributed by atoms with Crippen LogP contribution in [0.3, 0.4) is 0 Å². The molecule has 9 heteroatoms. The molecule has 1 aromatic carbocycles. The number of morpholine rings is 1. The SMILES string of the molecule is COC1(C(=O)N2CCc3cc(-c4cnc5[nH]cc(C)c5c4)cc([C@@H]4COCCN4C(=O)OC(C)(C)C)c3C2)CC1. The maximum absolute atomic E-state index is 13.4. The number of H-pyrrole nitrogens is 1. The number of aryl methyl sites for hydroxylation is 1. The first-order chi connectivity index (χ1) is 19.1. The lowest BCUT2D eigenvalue weighted by Gasteiger charge is -2.40. The van der Waals surface area contributed by atoms with Crippen molar-refractivity contribution in [3.8, 4) is 11.1 Å². The molecule has 0 unspecified atom stereocenters. The van der Waals surface area contributed by atoms with Crippen LogP contribution in [0.25, 0.3) is 22.2 Å². The van der Waals surface area contributed by atoms with Crippen molar-refractivity contribution >= 4 is 23.0 Å². The number of hydrogen-bond donors (Lipinski definition) is 1. The number of pyridine rings is 1. The van der Waals surface area contributed by atoms with E-state index in [4.69, 9.17) is 14.2 Å². The van der Waals surface area contributed by atoms with Gasteiger partial charge in [0.25, 0.3) is 5.91 Å². The number of benzene rings is 1. The molecule has 40 heavy (non-hydrogen) atoms. The van der Waals surface area contributed by atoms with Crippen molar-refractivity contribution in [1.29, 1.82) is 0 Å². The number of nitrogens with one attached hydrogen (secondary N) is 1. The summed E-state index contributed by atoms with van der Waals surface area (Å²) in [6.45, 7) is 10.0. The number of carbonyl (C=O) groups excluding carboxylic acids is 2. The molecular formula is C31H38N4O5. The molecule has 1 atom stereocenters. The zero-order valence-electron chi connectivity index (χ0n) is 24.0. The molecule has 9 nitrogen and oxygen atoms in total. The topological polar surface area (TPSA) is 97.0 Å². The Bertz CT molecular complexity index is 1470. The van der Waals surface area contributed by atoms with Gasteiger partial charge in [0.2, 0.25) is 0 Å². The first-order valence-electron chi connectivity index (χ1n) is 14.1. The lowest BCUT2D eigenvalue weighted by atomic mass is 9.86. The van der Waals surface area contributed by atoms with Gasteiger partial charge in [-0.15, -0.1) is 0 Å². The van der Waals surface area contributed by atoms with Crippen molar-refractivity contribution in [2.75, 3.05) is 33.4 Å². The Balaban J connectivity index is 1.44. The highest BCUT2D eigenvalue weighted by molar-refractivity contribution is 5.89. The van der Waals surface area contributed by atoms with Gasteiger partial charge in [0.1, 0.15) is 16.8 Å². The summed E-state index contributed by atoms with van der Waals surface area (Å²) in [7, 11) is 1.62. The molecular weight excluding hydrogens is 508 g/mol. The smallest absolute Gasteiger partial charge is 0.410 e. The molecule has 1 saturated heterocycles. The van der Waals surface area contributed by atoms with E-state index in [0.717, 1.165) is 58.1 Å². The summed E-state index contributed by atoms with van der Waals surface area (Å²) in [5.41, 5.74) is 6.00. The fourth-order valence-corrected chi connectivity index (χ4v) is 5.94. The molecule has 6 rings (SSSR count). The van der Waals surface area contributed by atoms with Gasteiger partial charge in [0.15, 0.2) is 0 Å². The van der Waals surface area contributed by atoms with Gasteiger partial charge in [0, 0.05) is 50.1 Å². The average Bonchev–Trinajstić information content (AvgIpc) is 3.67. The Kier molecular flexibility index (Phi) is 6.62. The summed E-state index contributed by atoms with van der Waals surface area (Å²) in [6.07, 6.45) is 5.74. The molecule has 0 spiro atoms. The molecule has 1 saturated carbocycles. The second-order valence-electron chi connectivity index (χ2n) is 12.2. The number of aromatic amines is 1. The highest BCUT2D eigenvalue weighted by atomic mass is 16.6. The lowest BCUT2D eigenvalue weighted by molar-refractivity contribution is -0.145. The predicted molar refractivity (Wildman–Crippen MR) is 151 cm³/mol. The molecule has 4 heterocycles. The van der Waals surface area contributed by atoms with Gasteiger partial charge in [-0.05, 0) is 86.9 Å². The van der Waals surface area contributed by atoms with Crippen LogP contribution in [0.15, 0.2) is 30.6 Å². The number of rotatable bonds is 4. The largest absolute Gasteiger partial charge is 0.444 e. The van der Waals surface area contributed by atoms with Gasteiger partial charge in [0.05, 0.1) is 19.3 Å². The highest BCUT2D eigenvalue weighted by Crippen LogP contribution is 2.43. The molecule has 2 aromatic heterocycles. The summed E-state index contributed by atoms with van der Waals surface area (Å²) in [5, 5.41) is 1.08. The minimum absolute atomic E-state index is 0.0529. The van der Waals surface area contributed by atoms with Crippen molar-refractivity contribution in [1.82, 2.24) is 19.8 Å². The van der Waals surface area contributed by atoms with E-state index >= 15 is 0 Å². The monoisotopic (exact) mass is 546 g/mol. The Hall–Kier alpha value is -3.43. The standard InChI is InChI=1S/C31H38N4O5/c1-19-15-32-27-23(19)14-22(16-33-27)21-12-20-6-9-34(28(36)31(38-5)7-8-31)17-25(20)24(13-21)26-18-39-11-10-35(26)29(37)40-30(2,3)4/h12-16,26H,6-11,17-18H2,1-5H3,(H,32,33)/t26-/m0/s1. The van der Waals surface area contributed by atoms with Crippen molar-refractivity contribution < 1.29 is 23.8 Å². The molecule has 3 aliphatic rings. The first-order valence-corrected chi connectivity index (χ1v) is 14.1. The minimum atomic E-state index is -0.677. The lowest BCUT2D eigenvalue weighted by Crippen LogP contribution is -2.47. The van der Waals surface area contributed by atoms with Crippen molar-refractivity contribution in [3.05, 3.63) is 52.8 Å². The van der Waals surface area contributed by atoms with Gasteiger partial charge in [-0.3, -0.25) is 9.69 Å². The van der Waals surface area contributed by atoms with Gasteiger partial charge in [-0.1, -0.05) is 6.07 Å². The van der Waals surface area contributed by atoms with Crippen LogP contribution in [-0.4, -0.2) is 76.4 Å². The summed E-state index contributed by atoms with van der Waals surface area (Å²) in [4.78, 5) is 38.4. The summed E-state index contributed by atoms with van der Waals surface area (Å²) < 4.78 is 17.4. The van der Waals surface area contributed by atoms with Gasteiger partial charge < -0.3 is 24.1 Å². The van der Waals surface area contributed by atoms with Crippen LogP contribution < -0.4 is 0 Å². The van der Waals surface area contributed by atoms with Crippen molar-refractivity contribution in [2.24, 2.45) is 0 Å². The van der Waals surface area contributed by atoms with Crippen LogP contribution in [0.2, 0.25) is 0 Å². The van der Waals surface area contributed by atoms with E-state index < -0.39 is 11.2 Å². The van der Waals surface area contributed by atoms with E-state index in [-0.39, 0.29) is 18.0 Å². The van der Waals surface area contributed by atoms with Gasteiger partial charge in [-0.25, -0.2) is 9.78 Å². The van der Waals surface area contributed by atoms with E-state index in [1.807, 2.05) is 38.1 Å². The second kappa shape index (κ2) is 9.89. The Morgan fingerprint density at radius 2 is 1.95 bits per heavy atom. The van der Waals surface area contributed by atoms with Crippen LogP contribution in [0.4, 0.5) is 4.79 Å². The molecule has 2 amide bonds. The molecule has 3 aromatic rings. The minimum Gasteiger partial charge on any atom is -0.444 e. The van der Waals surface area contributed by atoms with E-state index in [2.05, 4.69) is 35.1 Å². The average molecular weight is 547 g/mol. The zero-order chi connectivity index (χ0) is 28.2. The number of nitrogens with zero attached hydrogens (tertiary/aromatic N) is 3. The number of fused-ring (bicyclic) bond motifs is 2. The van der Waals surface area contributed by atoms with E-state index in [9.17, 15) is 9.59 Å². The number of amides is 2. The molecule has 0 bridgehead atoms. The molecule has 2 aliphatic heterocycles. The molecule has 212 valence electrons. The predicted octanol–water partition coefficient (Wildman–Crippen LogP) is 4.91. The molecule has 2 fully saturated rings. The third-order valence-electron chi connectivity index (χ3n) is 8.34. The fraction of sp³-hybridized carbons (Fsp3) is 0.516. The maximum Gasteiger partial charge on any atom is 0.410 e. The quantitative estimate of drug-likeness (QED) is 0.500. The van der Waals surface area contributed by atoms with Crippen molar-refractivity contribution in [2.45, 2.75) is 70.7 Å². The number of methoxy groups -OCH3 is 1. The third-order valence-corrected chi connectivity index (χ3v) is 8.34. The van der Waals surface area contributed by atoms with Gasteiger partial charge >= 0.3 is 6.09 Å². The van der Waals surface area contributed by atoms with Gasteiger partial charge in [-0.2, -0.15) is 0 Å². The first kappa shape index (κ1) is 26.8. The van der Waals surface area contributed by atoms with Crippen LogP contribution in [-0.2, 0) is 32.0 Å². The van der Waals surface area contributed by atoms with E-state index in [0.29, 0.717) is 32.8 Å². The van der Waals surface area contributed by atoms with Crippen LogP contribution in [0.5, 0.6) is 0 Å². The normalized spacial score (nSPS) is 20.4. The third kappa shape index (κ3) is 4.86. The number of ether oxygens (including phenoxy) is 3. The Morgan fingerprint density at radius 3 is 2.67 bits per heavy atom. The number of aromatic nitrogens is 2. The number of carbonyl (C=O) groups is 2. The fourth-order valence-electron chi connectivity index (χ4n) is 5.94. The Labute approximate surface area is 234 Å². The molecule has 0 radical (unpaired) electrons. The van der Waals surface area contributed by atoms with Crippen LogP contribution in [0.1, 0.15) is 61.9 Å². The zero-order valence-corrected chi connectivity index (χ0v) is 24.0. The molecule has 1 aliphatic carbocycles. The summed E-state index contributed by atoms with van der Waals surface area (Å²) in [5.74, 6) is 0.0529. The van der Waals surface area contributed by atoms with E-state index in [1.54, 1.807) is 12.0 Å². The second-order valence-corrected chi connectivity index (χ2v) is 12.2. The maximum atomic E-state index is 13.4. The van der Waals surface area contributed by atoms with Crippen LogP contribution in [0, 0.1) is 6.92 Å². The summed E-state index contributed by atoms with van der Waals surface area (Å²) >= 11 is 0. The molecule has 1 N–H and O–H groups in total. The van der Waals surface area contributed by atoms with Crippen molar-refractivity contribution in [3.63, 3.8) is 0 Å². The Morgan fingerprint density at radius 1 is 1.15 bits per heavy atom. The van der Waals surface area contributed by atoms with Crippen LogP contribution >= 0.6 is 0 Å². The van der Waals surface area contributed by atoms with E-state index in [1.165, 1.54) is 5.56 Å². The number of hydrogen-bond acceptors (Lipinski definition) is 6. The highest BCUT2D eigenvalue weighted by Gasteiger charge is 2.53. The summed E-state index contributed by atoms with van der Waals surface area (Å²) in [6, 6.07) is 6.19.